The standard InChI is InChI=1S/C16H26N2O2/c19-15-9-11-17(12-13-6-2-1-3-7-13)16(20)14-8-4-5-10-18(14)15/h13-14H,1-12H2. The molecule has 3 rings (SSSR count). The van der Waals surface area contributed by atoms with Gasteiger partial charge in [0.1, 0.15) is 6.04 Å². The molecule has 0 spiro atoms. The molecule has 20 heavy (non-hydrogen) atoms. The Kier molecular flexibility index (Phi) is 4.27. The first-order chi connectivity index (χ1) is 9.75. The van der Waals surface area contributed by atoms with Crippen molar-refractivity contribution in [3.63, 3.8) is 0 Å². The first-order valence-corrected chi connectivity index (χ1v) is 8.34. The summed E-state index contributed by atoms with van der Waals surface area (Å²) in [6.07, 6.45) is 10.00. The number of fused-ring (bicyclic) bond motifs is 1. The van der Waals surface area contributed by atoms with E-state index < -0.39 is 0 Å². The van der Waals surface area contributed by atoms with Crippen LogP contribution in [0, 0.1) is 5.92 Å². The summed E-state index contributed by atoms with van der Waals surface area (Å²) in [5.41, 5.74) is 0. The fraction of sp³-hybridized carbons (Fsp3) is 0.875. The van der Waals surface area contributed by atoms with Crippen LogP contribution < -0.4 is 0 Å². The lowest BCUT2D eigenvalue weighted by atomic mass is 9.88. The summed E-state index contributed by atoms with van der Waals surface area (Å²) in [4.78, 5) is 28.8. The normalized spacial score (nSPS) is 29.3. The maximum atomic E-state index is 12.7. The third-order valence-electron chi connectivity index (χ3n) is 5.22. The van der Waals surface area contributed by atoms with E-state index in [2.05, 4.69) is 0 Å². The number of rotatable bonds is 2. The van der Waals surface area contributed by atoms with Gasteiger partial charge in [0.05, 0.1) is 0 Å². The third kappa shape index (κ3) is 2.84. The minimum Gasteiger partial charge on any atom is -0.340 e. The van der Waals surface area contributed by atoms with Crippen molar-refractivity contribution in [1.82, 2.24) is 9.80 Å². The van der Waals surface area contributed by atoms with Crippen LogP contribution >= 0.6 is 0 Å². The smallest absolute Gasteiger partial charge is 0.245 e. The van der Waals surface area contributed by atoms with E-state index in [1.165, 1.54) is 32.1 Å². The van der Waals surface area contributed by atoms with Crippen molar-refractivity contribution in [3.8, 4) is 0 Å². The first kappa shape index (κ1) is 13.9. The summed E-state index contributed by atoms with van der Waals surface area (Å²) < 4.78 is 0. The SMILES string of the molecule is O=C1C2CCCCN2C(=O)CCN1CC1CCCCC1. The van der Waals surface area contributed by atoms with Gasteiger partial charge in [-0.25, -0.2) is 0 Å². The zero-order valence-corrected chi connectivity index (χ0v) is 12.4. The summed E-state index contributed by atoms with van der Waals surface area (Å²) in [7, 11) is 0. The molecule has 2 saturated heterocycles. The van der Waals surface area contributed by atoms with Crippen LogP contribution in [0.2, 0.25) is 0 Å². The Hall–Kier alpha value is -1.06. The predicted molar refractivity (Wildman–Crippen MR) is 77.1 cm³/mol. The Labute approximate surface area is 121 Å². The van der Waals surface area contributed by atoms with Gasteiger partial charge in [-0.05, 0) is 38.0 Å². The Morgan fingerprint density at radius 1 is 0.900 bits per heavy atom. The Bertz CT molecular complexity index is 377. The molecule has 0 radical (unpaired) electrons. The van der Waals surface area contributed by atoms with Crippen LogP contribution in [-0.4, -0.2) is 47.3 Å². The Morgan fingerprint density at radius 2 is 1.65 bits per heavy atom. The maximum Gasteiger partial charge on any atom is 0.245 e. The van der Waals surface area contributed by atoms with Crippen molar-refractivity contribution in [3.05, 3.63) is 0 Å². The average Bonchev–Trinajstić information content (AvgIpc) is 2.61. The van der Waals surface area contributed by atoms with Crippen LogP contribution in [0.4, 0.5) is 0 Å². The van der Waals surface area contributed by atoms with Crippen molar-refractivity contribution in [2.75, 3.05) is 19.6 Å². The van der Waals surface area contributed by atoms with Crippen molar-refractivity contribution >= 4 is 11.8 Å². The van der Waals surface area contributed by atoms with Gasteiger partial charge in [-0.3, -0.25) is 9.59 Å². The average molecular weight is 278 g/mol. The number of carbonyl (C=O) groups is 2. The molecule has 0 aromatic carbocycles. The molecule has 1 atom stereocenters. The van der Waals surface area contributed by atoms with Gasteiger partial charge in [0.15, 0.2) is 0 Å². The highest BCUT2D eigenvalue weighted by atomic mass is 16.2. The van der Waals surface area contributed by atoms with E-state index in [-0.39, 0.29) is 17.9 Å². The number of amides is 2. The molecule has 1 saturated carbocycles. The highest BCUT2D eigenvalue weighted by Gasteiger charge is 2.38. The van der Waals surface area contributed by atoms with Crippen LogP contribution in [0.1, 0.15) is 57.8 Å². The molecular formula is C16H26N2O2. The lowest BCUT2D eigenvalue weighted by molar-refractivity contribution is -0.143. The van der Waals surface area contributed by atoms with E-state index in [0.29, 0.717) is 18.9 Å². The summed E-state index contributed by atoms with van der Waals surface area (Å²) >= 11 is 0. The van der Waals surface area contributed by atoms with E-state index in [9.17, 15) is 9.59 Å². The summed E-state index contributed by atoms with van der Waals surface area (Å²) in [6, 6.07) is -0.151. The minimum absolute atomic E-state index is 0.151. The highest BCUT2D eigenvalue weighted by Crippen LogP contribution is 2.27. The van der Waals surface area contributed by atoms with Crippen LogP contribution in [0.5, 0.6) is 0 Å². The second-order valence-corrected chi connectivity index (χ2v) is 6.64. The Balaban J connectivity index is 1.68. The molecule has 2 amide bonds. The van der Waals surface area contributed by atoms with E-state index in [1.807, 2.05) is 9.80 Å². The first-order valence-electron chi connectivity index (χ1n) is 8.34. The van der Waals surface area contributed by atoms with E-state index >= 15 is 0 Å². The molecule has 112 valence electrons. The molecular weight excluding hydrogens is 252 g/mol. The number of hydrogen-bond acceptors (Lipinski definition) is 2. The van der Waals surface area contributed by atoms with Gasteiger partial charge in [-0.15, -0.1) is 0 Å². The molecule has 2 aliphatic heterocycles. The maximum absolute atomic E-state index is 12.7. The molecule has 1 unspecified atom stereocenters. The second-order valence-electron chi connectivity index (χ2n) is 6.64. The van der Waals surface area contributed by atoms with Gasteiger partial charge in [0, 0.05) is 26.1 Å². The largest absolute Gasteiger partial charge is 0.340 e. The fourth-order valence-corrected chi connectivity index (χ4v) is 4.04. The number of piperidine rings is 1. The van der Waals surface area contributed by atoms with Gasteiger partial charge in [-0.1, -0.05) is 19.3 Å². The monoisotopic (exact) mass is 278 g/mol. The van der Waals surface area contributed by atoms with Gasteiger partial charge in [-0.2, -0.15) is 0 Å². The lowest BCUT2D eigenvalue weighted by Crippen LogP contribution is -2.50. The molecule has 4 heteroatoms. The zero-order chi connectivity index (χ0) is 13.9. The zero-order valence-electron chi connectivity index (χ0n) is 12.4. The summed E-state index contributed by atoms with van der Waals surface area (Å²) in [6.45, 7) is 2.31. The molecule has 0 aromatic rings. The molecule has 3 aliphatic rings. The number of hydrogen-bond donors (Lipinski definition) is 0. The third-order valence-corrected chi connectivity index (χ3v) is 5.22. The van der Waals surface area contributed by atoms with Crippen LogP contribution in [-0.2, 0) is 9.59 Å². The van der Waals surface area contributed by atoms with Gasteiger partial charge in [0.25, 0.3) is 0 Å². The molecule has 2 heterocycles. The van der Waals surface area contributed by atoms with Crippen molar-refractivity contribution in [2.24, 2.45) is 5.92 Å². The predicted octanol–water partition coefficient (Wildman–Crippen LogP) is 2.18. The van der Waals surface area contributed by atoms with Crippen molar-refractivity contribution in [1.29, 1.82) is 0 Å². The number of carbonyl (C=O) groups excluding carboxylic acids is 2. The minimum atomic E-state index is -0.151. The molecule has 0 N–H and O–H groups in total. The summed E-state index contributed by atoms with van der Waals surface area (Å²) in [5.74, 6) is 1.08. The van der Waals surface area contributed by atoms with Crippen LogP contribution in [0.25, 0.3) is 0 Å². The van der Waals surface area contributed by atoms with Crippen molar-refractivity contribution in [2.45, 2.75) is 63.8 Å². The van der Waals surface area contributed by atoms with Crippen LogP contribution in [0.15, 0.2) is 0 Å². The summed E-state index contributed by atoms with van der Waals surface area (Å²) in [5, 5.41) is 0. The lowest BCUT2D eigenvalue weighted by Gasteiger charge is -2.35. The molecule has 4 nitrogen and oxygen atoms in total. The second kappa shape index (κ2) is 6.15. The molecule has 3 fully saturated rings. The Morgan fingerprint density at radius 3 is 2.45 bits per heavy atom. The van der Waals surface area contributed by atoms with E-state index in [4.69, 9.17) is 0 Å². The van der Waals surface area contributed by atoms with E-state index in [1.54, 1.807) is 0 Å². The van der Waals surface area contributed by atoms with Crippen LogP contribution in [0.3, 0.4) is 0 Å². The quantitative estimate of drug-likeness (QED) is 0.777. The molecule has 0 bridgehead atoms. The van der Waals surface area contributed by atoms with Gasteiger partial charge >= 0.3 is 0 Å². The number of nitrogens with zero attached hydrogens (tertiary/aromatic N) is 2. The highest BCUT2D eigenvalue weighted by molar-refractivity contribution is 5.90. The van der Waals surface area contributed by atoms with Gasteiger partial charge in [0.2, 0.25) is 11.8 Å². The van der Waals surface area contributed by atoms with E-state index in [0.717, 1.165) is 32.4 Å². The molecule has 0 aromatic heterocycles. The topological polar surface area (TPSA) is 40.6 Å². The fourth-order valence-electron chi connectivity index (χ4n) is 4.04. The van der Waals surface area contributed by atoms with Crippen molar-refractivity contribution < 1.29 is 9.59 Å². The van der Waals surface area contributed by atoms with Gasteiger partial charge < -0.3 is 9.80 Å². The molecule has 1 aliphatic carbocycles.